The van der Waals surface area contributed by atoms with Gasteiger partial charge >= 0.3 is 0 Å². The normalized spacial score (nSPS) is 11.7. The van der Waals surface area contributed by atoms with Gasteiger partial charge in [-0.3, -0.25) is 0 Å². The first-order valence-corrected chi connectivity index (χ1v) is 7.63. The zero-order valence-corrected chi connectivity index (χ0v) is 13.5. The Morgan fingerprint density at radius 1 is 1.20 bits per heavy atom. The second-order valence-electron chi connectivity index (χ2n) is 6.47. The zero-order chi connectivity index (χ0) is 15.2. The van der Waals surface area contributed by atoms with Crippen molar-refractivity contribution in [1.29, 1.82) is 0 Å². The van der Waals surface area contributed by atoms with Gasteiger partial charge in [0.15, 0.2) is 5.82 Å². The Bertz CT molecular complexity index is 413. The van der Waals surface area contributed by atoms with Crippen molar-refractivity contribution in [3.8, 4) is 0 Å². The van der Waals surface area contributed by atoms with Gasteiger partial charge < -0.3 is 4.90 Å². The van der Waals surface area contributed by atoms with Gasteiger partial charge in [0, 0.05) is 13.1 Å². The summed E-state index contributed by atoms with van der Waals surface area (Å²) < 4.78 is 13.5. The third-order valence-electron chi connectivity index (χ3n) is 3.34. The van der Waals surface area contributed by atoms with Crippen molar-refractivity contribution in [2.24, 2.45) is 5.41 Å². The molecule has 0 aromatic carbocycles. The van der Waals surface area contributed by atoms with E-state index in [2.05, 4.69) is 42.6 Å². The van der Waals surface area contributed by atoms with E-state index in [1.807, 2.05) is 6.92 Å². The molecule has 0 N–H and O–H groups in total. The van der Waals surface area contributed by atoms with Crippen LogP contribution in [0.2, 0.25) is 0 Å². The fourth-order valence-electron chi connectivity index (χ4n) is 1.92. The molecule has 0 bridgehead atoms. The Morgan fingerprint density at radius 3 is 2.45 bits per heavy atom. The molecule has 0 spiro atoms. The van der Waals surface area contributed by atoms with Crippen molar-refractivity contribution >= 4 is 5.95 Å². The van der Waals surface area contributed by atoms with Gasteiger partial charge in [0.25, 0.3) is 0 Å². The molecule has 0 atom stereocenters. The van der Waals surface area contributed by atoms with Gasteiger partial charge in [0.05, 0.1) is 11.9 Å². The van der Waals surface area contributed by atoms with Gasteiger partial charge in [-0.1, -0.05) is 41.0 Å². The smallest absolute Gasteiger partial charge is 0.225 e. The number of halogens is 1. The topological polar surface area (TPSA) is 29.0 Å². The molecule has 1 rings (SSSR count). The number of aryl methyl sites for hydroxylation is 1. The number of nitrogens with zero attached hydrogens (tertiary/aromatic N) is 3. The second kappa shape index (κ2) is 7.55. The largest absolute Gasteiger partial charge is 0.341 e. The lowest BCUT2D eigenvalue weighted by molar-refractivity contribution is 0.377. The summed E-state index contributed by atoms with van der Waals surface area (Å²) in [6.45, 7) is 12.6. The lowest BCUT2D eigenvalue weighted by atomic mass is 9.92. The van der Waals surface area contributed by atoms with Gasteiger partial charge in [-0.15, -0.1) is 0 Å². The van der Waals surface area contributed by atoms with E-state index in [0.29, 0.717) is 18.1 Å². The maximum atomic E-state index is 13.5. The molecule has 0 radical (unpaired) electrons. The van der Waals surface area contributed by atoms with E-state index >= 15 is 0 Å². The van der Waals surface area contributed by atoms with Gasteiger partial charge in [-0.05, 0) is 24.7 Å². The van der Waals surface area contributed by atoms with Crippen LogP contribution in [0.5, 0.6) is 0 Å². The number of hydrogen-bond donors (Lipinski definition) is 0. The van der Waals surface area contributed by atoms with Gasteiger partial charge in [0.2, 0.25) is 5.95 Å². The van der Waals surface area contributed by atoms with Crippen LogP contribution in [0.25, 0.3) is 0 Å². The standard InChI is InChI=1S/C16H28FN3/c1-6-8-10-20(11-9-16(3,4)5)15-18-12-13(17)14(7-2)19-15/h12H,6-11H2,1-5H3. The number of rotatable bonds is 7. The molecular formula is C16H28FN3. The Hall–Kier alpha value is -1.19. The molecule has 0 aliphatic carbocycles. The summed E-state index contributed by atoms with van der Waals surface area (Å²) in [6.07, 6.45) is 5.21. The summed E-state index contributed by atoms with van der Waals surface area (Å²) in [5.41, 5.74) is 0.783. The Balaban J connectivity index is 2.86. The minimum atomic E-state index is -0.303. The van der Waals surface area contributed by atoms with Crippen LogP contribution >= 0.6 is 0 Å². The predicted molar refractivity (Wildman–Crippen MR) is 82.6 cm³/mol. The van der Waals surface area contributed by atoms with E-state index in [1.165, 1.54) is 6.20 Å². The SMILES string of the molecule is CCCCN(CCC(C)(C)C)c1ncc(F)c(CC)n1. The molecule has 0 saturated carbocycles. The molecule has 0 aliphatic heterocycles. The minimum Gasteiger partial charge on any atom is -0.341 e. The maximum Gasteiger partial charge on any atom is 0.225 e. The van der Waals surface area contributed by atoms with E-state index in [-0.39, 0.29) is 11.2 Å². The molecule has 0 amide bonds. The molecule has 1 heterocycles. The van der Waals surface area contributed by atoms with Crippen LogP contribution in [0.4, 0.5) is 10.3 Å². The summed E-state index contributed by atoms with van der Waals surface area (Å²) in [5.74, 6) is 0.364. The summed E-state index contributed by atoms with van der Waals surface area (Å²) in [4.78, 5) is 10.8. The molecule has 3 nitrogen and oxygen atoms in total. The lowest BCUT2D eigenvalue weighted by Crippen LogP contribution is -2.30. The number of aromatic nitrogens is 2. The van der Waals surface area contributed by atoms with E-state index in [1.54, 1.807) is 0 Å². The Labute approximate surface area is 122 Å². The highest BCUT2D eigenvalue weighted by molar-refractivity contribution is 5.30. The Morgan fingerprint density at radius 2 is 1.90 bits per heavy atom. The van der Waals surface area contributed by atoms with Crippen LogP contribution in [-0.4, -0.2) is 23.1 Å². The van der Waals surface area contributed by atoms with Gasteiger partial charge in [-0.25, -0.2) is 14.4 Å². The van der Waals surface area contributed by atoms with Crippen molar-refractivity contribution in [2.75, 3.05) is 18.0 Å². The first kappa shape index (κ1) is 16.9. The molecule has 0 saturated heterocycles. The monoisotopic (exact) mass is 281 g/mol. The van der Waals surface area contributed by atoms with Gasteiger partial charge in [-0.2, -0.15) is 0 Å². The third kappa shape index (κ3) is 5.43. The number of anilines is 1. The van der Waals surface area contributed by atoms with Crippen LogP contribution in [0.3, 0.4) is 0 Å². The molecule has 0 unspecified atom stereocenters. The second-order valence-corrected chi connectivity index (χ2v) is 6.47. The van der Waals surface area contributed by atoms with E-state index < -0.39 is 0 Å². The summed E-state index contributed by atoms with van der Waals surface area (Å²) in [6, 6.07) is 0. The van der Waals surface area contributed by atoms with E-state index in [9.17, 15) is 4.39 Å². The summed E-state index contributed by atoms with van der Waals surface area (Å²) in [5, 5.41) is 0. The van der Waals surface area contributed by atoms with Crippen molar-refractivity contribution in [2.45, 2.75) is 60.3 Å². The quantitative estimate of drug-likeness (QED) is 0.749. The summed E-state index contributed by atoms with van der Waals surface area (Å²) >= 11 is 0. The fraction of sp³-hybridized carbons (Fsp3) is 0.750. The highest BCUT2D eigenvalue weighted by Gasteiger charge is 2.16. The molecule has 0 fully saturated rings. The van der Waals surface area contributed by atoms with Crippen LogP contribution in [-0.2, 0) is 6.42 Å². The maximum absolute atomic E-state index is 13.5. The molecule has 20 heavy (non-hydrogen) atoms. The molecule has 1 aromatic rings. The van der Waals surface area contributed by atoms with Crippen LogP contribution in [0.15, 0.2) is 6.20 Å². The first-order valence-electron chi connectivity index (χ1n) is 7.63. The molecule has 0 aliphatic rings. The van der Waals surface area contributed by atoms with Crippen LogP contribution < -0.4 is 4.90 Å². The van der Waals surface area contributed by atoms with Crippen molar-refractivity contribution in [3.63, 3.8) is 0 Å². The molecular weight excluding hydrogens is 253 g/mol. The van der Waals surface area contributed by atoms with Crippen molar-refractivity contribution in [1.82, 2.24) is 9.97 Å². The molecule has 1 aromatic heterocycles. The number of hydrogen-bond acceptors (Lipinski definition) is 3. The average Bonchev–Trinajstić information content (AvgIpc) is 2.39. The molecule has 114 valence electrons. The molecule has 4 heteroatoms. The van der Waals surface area contributed by atoms with Crippen LogP contribution in [0.1, 0.15) is 59.6 Å². The third-order valence-corrected chi connectivity index (χ3v) is 3.34. The zero-order valence-electron chi connectivity index (χ0n) is 13.5. The van der Waals surface area contributed by atoms with E-state index in [0.717, 1.165) is 32.4 Å². The fourth-order valence-corrected chi connectivity index (χ4v) is 1.92. The van der Waals surface area contributed by atoms with Crippen LogP contribution in [0, 0.1) is 11.2 Å². The highest BCUT2D eigenvalue weighted by Crippen LogP contribution is 2.21. The lowest BCUT2D eigenvalue weighted by Gasteiger charge is -2.27. The summed E-state index contributed by atoms with van der Waals surface area (Å²) in [7, 11) is 0. The highest BCUT2D eigenvalue weighted by atomic mass is 19.1. The number of unbranched alkanes of at least 4 members (excludes halogenated alkanes) is 1. The average molecular weight is 281 g/mol. The predicted octanol–water partition coefficient (Wildman–Crippen LogP) is 4.22. The first-order chi connectivity index (χ1) is 9.37. The van der Waals surface area contributed by atoms with E-state index in [4.69, 9.17) is 0 Å². The van der Waals surface area contributed by atoms with Crippen molar-refractivity contribution in [3.05, 3.63) is 17.7 Å². The van der Waals surface area contributed by atoms with Crippen molar-refractivity contribution < 1.29 is 4.39 Å². The minimum absolute atomic E-state index is 0.276. The van der Waals surface area contributed by atoms with Gasteiger partial charge in [0.1, 0.15) is 0 Å². The Kier molecular flexibility index (Phi) is 6.37.